The lowest BCUT2D eigenvalue weighted by atomic mass is 9.98. The minimum atomic E-state index is -0.492. The van der Waals surface area contributed by atoms with Crippen LogP contribution < -0.4 is 11.1 Å². The fourth-order valence-corrected chi connectivity index (χ4v) is 3.56. The summed E-state index contributed by atoms with van der Waals surface area (Å²) in [7, 11) is 0. The first-order valence-corrected chi connectivity index (χ1v) is 10.5. The smallest absolute Gasteiger partial charge is 0.239 e. The summed E-state index contributed by atoms with van der Waals surface area (Å²) in [6, 6.07) is 13.8. The lowest BCUT2D eigenvalue weighted by Crippen LogP contribution is -2.34. The molecule has 5 nitrogen and oxygen atoms in total. The Balaban J connectivity index is 1.61. The van der Waals surface area contributed by atoms with Gasteiger partial charge in [-0.1, -0.05) is 38.1 Å². The number of aryl methyl sites for hydroxylation is 2. The molecule has 1 unspecified atom stereocenters. The molecule has 0 saturated carbocycles. The molecule has 156 valence electrons. The van der Waals surface area contributed by atoms with Gasteiger partial charge in [-0.15, -0.1) is 0 Å². The number of hydrogen-bond donors (Lipinski definition) is 2. The van der Waals surface area contributed by atoms with Crippen LogP contribution >= 0.6 is 0 Å². The minimum Gasteiger partial charge on any atom is -0.368 e. The lowest BCUT2D eigenvalue weighted by Gasteiger charge is -2.17. The second-order valence-electron chi connectivity index (χ2n) is 7.86. The van der Waals surface area contributed by atoms with Crippen molar-refractivity contribution in [3.05, 3.63) is 95.1 Å². The molecule has 30 heavy (non-hydrogen) atoms. The Bertz CT molecular complexity index is 939. The quantitative estimate of drug-likeness (QED) is 0.541. The summed E-state index contributed by atoms with van der Waals surface area (Å²) in [6.07, 6.45) is 10.1. The van der Waals surface area contributed by atoms with E-state index in [9.17, 15) is 4.79 Å². The van der Waals surface area contributed by atoms with Crippen LogP contribution in [0.3, 0.4) is 0 Å². The Morgan fingerprint density at radius 1 is 0.867 bits per heavy atom. The van der Waals surface area contributed by atoms with Crippen LogP contribution in [0.1, 0.15) is 53.6 Å². The maximum Gasteiger partial charge on any atom is 0.239 e. The van der Waals surface area contributed by atoms with Crippen LogP contribution in [-0.4, -0.2) is 22.4 Å². The van der Waals surface area contributed by atoms with Gasteiger partial charge in [-0.25, -0.2) is 0 Å². The lowest BCUT2D eigenvalue weighted by molar-refractivity contribution is -0.120. The Morgan fingerprint density at radius 3 is 2.20 bits per heavy atom. The largest absolute Gasteiger partial charge is 0.368 e. The highest BCUT2D eigenvalue weighted by atomic mass is 16.1. The third-order valence-electron chi connectivity index (χ3n) is 5.40. The number of hydrogen-bond acceptors (Lipinski definition) is 4. The molecule has 0 spiro atoms. The second-order valence-corrected chi connectivity index (χ2v) is 7.86. The number of aromatic nitrogens is 2. The Morgan fingerprint density at radius 2 is 1.53 bits per heavy atom. The van der Waals surface area contributed by atoms with Gasteiger partial charge in [0.15, 0.2) is 0 Å². The number of amides is 1. The first kappa shape index (κ1) is 21.7. The molecule has 2 heterocycles. The zero-order valence-corrected chi connectivity index (χ0v) is 17.7. The van der Waals surface area contributed by atoms with Crippen molar-refractivity contribution in [2.45, 2.75) is 45.1 Å². The van der Waals surface area contributed by atoms with Crippen molar-refractivity contribution in [1.29, 1.82) is 0 Å². The molecule has 0 bridgehead atoms. The SMILES string of the molecule is CC(C)c1ccc(C(NCCc2ccncc2CCc2ccncc2)C(N)=O)cc1. The average Bonchev–Trinajstić information content (AvgIpc) is 2.76. The molecule has 0 fully saturated rings. The summed E-state index contributed by atoms with van der Waals surface area (Å²) in [6.45, 7) is 4.96. The van der Waals surface area contributed by atoms with E-state index in [0.29, 0.717) is 12.5 Å². The van der Waals surface area contributed by atoms with Gasteiger partial charge in [0, 0.05) is 31.3 Å². The first-order valence-electron chi connectivity index (χ1n) is 10.5. The van der Waals surface area contributed by atoms with E-state index in [4.69, 9.17) is 5.73 Å². The van der Waals surface area contributed by atoms with Crippen LogP contribution in [0.2, 0.25) is 0 Å². The average molecular weight is 403 g/mol. The molecule has 2 aromatic heterocycles. The summed E-state index contributed by atoms with van der Waals surface area (Å²) >= 11 is 0. The Labute approximate surface area is 178 Å². The number of carbonyl (C=O) groups is 1. The molecule has 0 aliphatic heterocycles. The molecule has 3 rings (SSSR count). The van der Waals surface area contributed by atoms with E-state index in [2.05, 4.69) is 47.3 Å². The highest BCUT2D eigenvalue weighted by Crippen LogP contribution is 2.19. The van der Waals surface area contributed by atoms with E-state index < -0.39 is 6.04 Å². The van der Waals surface area contributed by atoms with Gasteiger partial charge in [-0.3, -0.25) is 14.8 Å². The zero-order chi connectivity index (χ0) is 21.3. The molecule has 3 aromatic rings. The fraction of sp³-hybridized carbons (Fsp3) is 0.320. The van der Waals surface area contributed by atoms with Crippen molar-refractivity contribution >= 4 is 5.91 Å². The zero-order valence-electron chi connectivity index (χ0n) is 17.7. The van der Waals surface area contributed by atoms with E-state index in [-0.39, 0.29) is 5.91 Å². The molecule has 0 aliphatic carbocycles. The summed E-state index contributed by atoms with van der Waals surface area (Å²) in [5, 5.41) is 3.33. The molecule has 5 heteroatoms. The number of carbonyl (C=O) groups excluding carboxylic acids is 1. The van der Waals surface area contributed by atoms with Gasteiger partial charge in [-0.2, -0.15) is 0 Å². The Hall–Kier alpha value is -3.05. The van der Waals surface area contributed by atoms with Crippen LogP contribution in [0.15, 0.2) is 67.3 Å². The number of nitrogens with zero attached hydrogens (tertiary/aromatic N) is 2. The molecular weight excluding hydrogens is 372 g/mol. The molecule has 0 saturated heterocycles. The summed E-state index contributed by atoms with van der Waals surface area (Å²) < 4.78 is 0. The number of pyridine rings is 2. The number of nitrogens with two attached hydrogens (primary N) is 1. The molecule has 1 aromatic carbocycles. The normalized spacial score (nSPS) is 12.1. The van der Waals surface area contributed by atoms with Gasteiger partial charge in [0.25, 0.3) is 0 Å². The van der Waals surface area contributed by atoms with Crippen molar-refractivity contribution in [2.24, 2.45) is 5.73 Å². The predicted octanol–water partition coefficient (Wildman–Crippen LogP) is 3.74. The monoisotopic (exact) mass is 402 g/mol. The van der Waals surface area contributed by atoms with Crippen molar-refractivity contribution in [3.63, 3.8) is 0 Å². The van der Waals surface area contributed by atoms with Crippen molar-refractivity contribution in [3.8, 4) is 0 Å². The molecule has 1 atom stereocenters. The molecular formula is C25H30N4O. The highest BCUT2D eigenvalue weighted by molar-refractivity contribution is 5.81. The third-order valence-corrected chi connectivity index (χ3v) is 5.40. The summed E-state index contributed by atoms with van der Waals surface area (Å²) in [5.41, 5.74) is 11.6. The number of primary amides is 1. The van der Waals surface area contributed by atoms with Gasteiger partial charge in [0.2, 0.25) is 5.91 Å². The second kappa shape index (κ2) is 10.6. The van der Waals surface area contributed by atoms with E-state index in [1.807, 2.05) is 49.1 Å². The van der Waals surface area contributed by atoms with E-state index in [0.717, 1.165) is 24.8 Å². The topological polar surface area (TPSA) is 80.9 Å². The molecule has 1 amide bonds. The molecule has 3 N–H and O–H groups in total. The van der Waals surface area contributed by atoms with E-state index in [1.54, 1.807) is 0 Å². The molecule has 0 radical (unpaired) electrons. The maximum absolute atomic E-state index is 12.0. The fourth-order valence-electron chi connectivity index (χ4n) is 3.56. The molecule has 0 aliphatic rings. The van der Waals surface area contributed by atoms with Crippen LogP contribution in [0.25, 0.3) is 0 Å². The van der Waals surface area contributed by atoms with Gasteiger partial charge < -0.3 is 11.1 Å². The van der Waals surface area contributed by atoms with Crippen LogP contribution in [-0.2, 0) is 24.1 Å². The number of rotatable bonds is 10. The summed E-state index contributed by atoms with van der Waals surface area (Å²) in [4.78, 5) is 20.4. The number of nitrogens with one attached hydrogen (secondary N) is 1. The van der Waals surface area contributed by atoms with Crippen LogP contribution in [0.5, 0.6) is 0 Å². The van der Waals surface area contributed by atoms with Crippen molar-refractivity contribution < 1.29 is 4.79 Å². The van der Waals surface area contributed by atoms with E-state index in [1.165, 1.54) is 22.3 Å². The van der Waals surface area contributed by atoms with Gasteiger partial charge >= 0.3 is 0 Å². The van der Waals surface area contributed by atoms with Gasteiger partial charge in [0.1, 0.15) is 6.04 Å². The van der Waals surface area contributed by atoms with E-state index >= 15 is 0 Å². The number of benzene rings is 1. The standard InChI is InChI=1S/C25H30N4O/c1-18(2)20-5-7-22(8-6-20)24(25(26)30)29-16-12-21-11-15-28-17-23(21)4-3-19-9-13-27-14-10-19/h5-11,13-15,17-18,24,29H,3-4,12,16H2,1-2H3,(H2,26,30). The Kier molecular flexibility index (Phi) is 7.69. The van der Waals surface area contributed by atoms with Gasteiger partial charge in [0.05, 0.1) is 0 Å². The first-order chi connectivity index (χ1) is 14.5. The third kappa shape index (κ3) is 5.97. The summed E-state index contributed by atoms with van der Waals surface area (Å²) in [5.74, 6) is 0.0937. The van der Waals surface area contributed by atoms with Crippen molar-refractivity contribution in [1.82, 2.24) is 15.3 Å². The van der Waals surface area contributed by atoms with Gasteiger partial charge in [-0.05, 0) is 71.2 Å². The highest BCUT2D eigenvalue weighted by Gasteiger charge is 2.17. The van der Waals surface area contributed by atoms with Crippen LogP contribution in [0.4, 0.5) is 0 Å². The maximum atomic E-state index is 12.0. The minimum absolute atomic E-state index is 0.361. The van der Waals surface area contributed by atoms with Crippen LogP contribution in [0, 0.1) is 0 Å². The predicted molar refractivity (Wildman–Crippen MR) is 120 cm³/mol. The van der Waals surface area contributed by atoms with Crippen molar-refractivity contribution in [2.75, 3.05) is 6.54 Å².